The smallest absolute Gasteiger partial charge is 0.346 e. The molecule has 4 fully saturated rings. The van der Waals surface area contributed by atoms with Gasteiger partial charge in [0.15, 0.2) is 0 Å². The molecule has 4 aliphatic carbocycles. The summed E-state index contributed by atoms with van der Waals surface area (Å²) < 4.78 is 39.1. The van der Waals surface area contributed by atoms with E-state index in [9.17, 15) is 18.0 Å². The quantitative estimate of drug-likeness (QED) is 0.689. The Hall–Kier alpha value is -2.57. The molecule has 158 valence electrons. The van der Waals surface area contributed by atoms with Crippen LogP contribution in [-0.2, 0) is 6.18 Å². The number of benzene rings is 1. The van der Waals surface area contributed by atoms with Crippen LogP contribution < -0.4 is 10.6 Å². The average Bonchev–Trinajstić information content (AvgIpc) is 2.66. The summed E-state index contributed by atoms with van der Waals surface area (Å²) in [5.41, 5.74) is -0.296. The Morgan fingerprint density at radius 1 is 1.00 bits per heavy atom. The zero-order valence-electron chi connectivity index (χ0n) is 16.5. The number of hydrogen-bond donors (Lipinski definition) is 2. The molecule has 0 unspecified atom stereocenters. The largest absolute Gasteiger partial charge is 0.416 e. The Balaban J connectivity index is 1.37. The van der Waals surface area contributed by atoms with Gasteiger partial charge in [-0.2, -0.15) is 13.2 Å². The van der Waals surface area contributed by atoms with E-state index in [1.807, 2.05) is 0 Å². The van der Waals surface area contributed by atoms with E-state index in [1.54, 1.807) is 12.1 Å². The van der Waals surface area contributed by atoms with Crippen LogP contribution in [0.3, 0.4) is 0 Å². The molecule has 4 saturated carbocycles. The second kappa shape index (κ2) is 7.00. The first kappa shape index (κ1) is 19.4. The molecule has 2 aromatic rings. The third kappa shape index (κ3) is 3.66. The van der Waals surface area contributed by atoms with Gasteiger partial charge in [-0.15, -0.1) is 0 Å². The topological polar surface area (TPSA) is 54.0 Å². The zero-order valence-corrected chi connectivity index (χ0v) is 16.5. The van der Waals surface area contributed by atoms with Gasteiger partial charge >= 0.3 is 6.18 Å². The van der Waals surface area contributed by atoms with E-state index in [0.717, 1.165) is 31.4 Å². The van der Waals surface area contributed by atoms with Crippen LogP contribution in [0, 0.1) is 17.8 Å². The average molecular weight is 415 g/mol. The molecule has 1 aromatic heterocycles. The first-order valence-electron chi connectivity index (χ1n) is 10.5. The summed E-state index contributed by atoms with van der Waals surface area (Å²) >= 11 is 0. The van der Waals surface area contributed by atoms with Crippen molar-refractivity contribution in [3.05, 3.63) is 53.7 Å². The maximum absolute atomic E-state index is 13.2. The molecular weight excluding hydrogens is 391 g/mol. The Bertz CT molecular complexity index is 937. The monoisotopic (exact) mass is 415 g/mol. The molecule has 6 rings (SSSR count). The van der Waals surface area contributed by atoms with Gasteiger partial charge in [-0.05, 0) is 86.6 Å². The fourth-order valence-electron chi connectivity index (χ4n) is 6.17. The second-order valence-electron chi connectivity index (χ2n) is 9.26. The summed E-state index contributed by atoms with van der Waals surface area (Å²) in [6.07, 6.45) is 4.03. The third-order valence-electron chi connectivity index (χ3n) is 6.92. The van der Waals surface area contributed by atoms with E-state index in [4.69, 9.17) is 0 Å². The number of amides is 1. The lowest BCUT2D eigenvalue weighted by atomic mass is 9.53. The van der Waals surface area contributed by atoms with Crippen molar-refractivity contribution in [3.8, 4) is 0 Å². The van der Waals surface area contributed by atoms with E-state index in [2.05, 4.69) is 15.6 Å². The number of anilines is 2. The van der Waals surface area contributed by atoms with Crippen molar-refractivity contribution in [2.45, 2.75) is 50.2 Å². The molecule has 1 aromatic carbocycles. The van der Waals surface area contributed by atoms with Gasteiger partial charge in [-0.3, -0.25) is 4.79 Å². The summed E-state index contributed by atoms with van der Waals surface area (Å²) in [4.78, 5) is 17.4. The van der Waals surface area contributed by atoms with Crippen LogP contribution in [-0.4, -0.2) is 16.4 Å². The van der Waals surface area contributed by atoms with Crippen molar-refractivity contribution in [1.82, 2.24) is 10.3 Å². The van der Waals surface area contributed by atoms with Gasteiger partial charge in [-0.25, -0.2) is 4.98 Å². The van der Waals surface area contributed by atoms with Crippen LogP contribution in [0.25, 0.3) is 0 Å². The number of nitrogens with one attached hydrogen (secondary N) is 2. The second-order valence-corrected chi connectivity index (χ2v) is 9.26. The van der Waals surface area contributed by atoms with Gasteiger partial charge in [0.2, 0.25) is 0 Å². The molecule has 4 bridgehead atoms. The van der Waals surface area contributed by atoms with Gasteiger partial charge < -0.3 is 10.6 Å². The number of alkyl halides is 3. The molecule has 0 atom stereocenters. The van der Waals surface area contributed by atoms with Crippen LogP contribution in [0.4, 0.5) is 24.7 Å². The van der Waals surface area contributed by atoms with E-state index in [0.29, 0.717) is 23.3 Å². The molecule has 0 spiro atoms. The summed E-state index contributed by atoms with van der Waals surface area (Å²) in [5.74, 6) is 2.16. The number of nitrogens with zero attached hydrogens (tertiary/aromatic N) is 1. The summed E-state index contributed by atoms with van der Waals surface area (Å²) in [6, 6.07) is 8.25. The van der Waals surface area contributed by atoms with Crippen LogP contribution in [0.1, 0.15) is 54.4 Å². The van der Waals surface area contributed by atoms with E-state index in [1.165, 1.54) is 37.6 Å². The highest BCUT2D eigenvalue weighted by Gasteiger charge is 2.51. The van der Waals surface area contributed by atoms with Crippen LogP contribution in [0.5, 0.6) is 0 Å². The van der Waals surface area contributed by atoms with Crippen LogP contribution in [0.15, 0.2) is 42.6 Å². The highest BCUT2D eigenvalue weighted by atomic mass is 19.4. The summed E-state index contributed by atoms with van der Waals surface area (Å²) in [7, 11) is 0. The summed E-state index contributed by atoms with van der Waals surface area (Å²) in [5, 5.41) is 6.21. The molecule has 4 aliphatic rings. The minimum Gasteiger partial charge on any atom is -0.346 e. The van der Waals surface area contributed by atoms with Crippen molar-refractivity contribution in [3.63, 3.8) is 0 Å². The molecule has 0 radical (unpaired) electrons. The summed E-state index contributed by atoms with van der Waals surface area (Å²) in [6.45, 7) is 0. The number of rotatable bonds is 4. The SMILES string of the molecule is O=C(NC12CC3CC(CC(C3)C1)C2)c1cccnc1Nc1cccc(C(F)(F)F)c1. The number of hydrogen-bond acceptors (Lipinski definition) is 3. The lowest BCUT2D eigenvalue weighted by molar-refractivity contribution is -0.137. The fourth-order valence-corrected chi connectivity index (χ4v) is 6.17. The predicted octanol–water partition coefficient (Wildman–Crippen LogP) is 5.54. The maximum Gasteiger partial charge on any atom is 0.416 e. The first-order chi connectivity index (χ1) is 14.3. The highest BCUT2D eigenvalue weighted by Crippen LogP contribution is 2.55. The lowest BCUT2D eigenvalue weighted by Gasteiger charge is -2.56. The van der Waals surface area contributed by atoms with E-state index < -0.39 is 11.7 Å². The minimum atomic E-state index is -4.43. The van der Waals surface area contributed by atoms with Gasteiger partial charge in [-0.1, -0.05) is 6.07 Å². The molecule has 1 amide bonds. The third-order valence-corrected chi connectivity index (χ3v) is 6.92. The number of carbonyl (C=O) groups excluding carboxylic acids is 1. The Labute approximate surface area is 173 Å². The molecule has 30 heavy (non-hydrogen) atoms. The van der Waals surface area contributed by atoms with E-state index >= 15 is 0 Å². The highest BCUT2D eigenvalue weighted by molar-refractivity contribution is 5.99. The number of pyridine rings is 1. The fraction of sp³-hybridized carbons (Fsp3) is 0.478. The molecule has 4 nitrogen and oxygen atoms in total. The van der Waals surface area contributed by atoms with Crippen LogP contribution in [0.2, 0.25) is 0 Å². The number of carbonyl (C=O) groups is 1. The molecule has 2 N–H and O–H groups in total. The maximum atomic E-state index is 13.2. The lowest BCUT2D eigenvalue weighted by Crippen LogP contribution is -2.59. The van der Waals surface area contributed by atoms with Crippen molar-refractivity contribution in [1.29, 1.82) is 0 Å². The first-order valence-corrected chi connectivity index (χ1v) is 10.5. The number of aromatic nitrogens is 1. The van der Waals surface area contributed by atoms with Crippen molar-refractivity contribution in [2.75, 3.05) is 5.32 Å². The van der Waals surface area contributed by atoms with Gasteiger partial charge in [0.1, 0.15) is 5.82 Å². The van der Waals surface area contributed by atoms with Gasteiger partial charge in [0.05, 0.1) is 11.1 Å². The zero-order chi connectivity index (χ0) is 20.9. The van der Waals surface area contributed by atoms with Crippen molar-refractivity contribution >= 4 is 17.4 Å². The number of halogens is 3. The van der Waals surface area contributed by atoms with Crippen molar-refractivity contribution < 1.29 is 18.0 Å². The van der Waals surface area contributed by atoms with Gasteiger partial charge in [0.25, 0.3) is 5.91 Å². The standard InChI is InChI=1S/C23H24F3N3O/c24-23(25,26)17-3-1-4-18(10-17)28-20-19(5-2-6-27-20)21(30)29-22-11-14-7-15(12-22)9-16(8-14)13-22/h1-6,10,14-16H,7-9,11-13H2,(H,27,28)(H,29,30). The molecule has 1 heterocycles. The minimum absolute atomic E-state index is 0.144. The molecule has 7 heteroatoms. The van der Waals surface area contributed by atoms with Gasteiger partial charge in [0, 0.05) is 17.4 Å². The molecule has 0 aliphatic heterocycles. The van der Waals surface area contributed by atoms with Crippen molar-refractivity contribution in [2.24, 2.45) is 17.8 Å². The normalized spacial score (nSPS) is 29.6. The van der Waals surface area contributed by atoms with Crippen LogP contribution >= 0.6 is 0 Å². The van der Waals surface area contributed by atoms with E-state index in [-0.39, 0.29) is 23.0 Å². The Morgan fingerprint density at radius 3 is 2.30 bits per heavy atom. The Morgan fingerprint density at radius 2 is 1.67 bits per heavy atom. The molecule has 0 saturated heterocycles. The molecular formula is C23H24F3N3O. The predicted molar refractivity (Wildman–Crippen MR) is 107 cm³/mol. The Kier molecular flexibility index (Phi) is 4.52.